The lowest BCUT2D eigenvalue weighted by Crippen LogP contribution is -2.42. The van der Waals surface area contributed by atoms with Gasteiger partial charge in [0.05, 0.1) is 5.60 Å². The highest BCUT2D eigenvalue weighted by Crippen LogP contribution is 2.30. The fourth-order valence-corrected chi connectivity index (χ4v) is 2.10. The van der Waals surface area contributed by atoms with Crippen LogP contribution in [0.4, 0.5) is 0 Å². The fraction of sp³-hybridized carbons (Fsp3) is 0.385. The summed E-state index contributed by atoms with van der Waals surface area (Å²) in [4.78, 5) is 0. The molecule has 0 aliphatic carbocycles. The van der Waals surface area contributed by atoms with E-state index in [0.717, 1.165) is 13.0 Å². The quantitative estimate of drug-likeness (QED) is 0.721. The van der Waals surface area contributed by atoms with E-state index in [-0.39, 0.29) is 6.04 Å². The van der Waals surface area contributed by atoms with Crippen LogP contribution in [0, 0.1) is 0 Å². The highest BCUT2D eigenvalue weighted by molar-refractivity contribution is 5.21. The number of benzene rings is 1. The summed E-state index contributed by atoms with van der Waals surface area (Å²) in [6.07, 6.45) is 3.13. The summed E-state index contributed by atoms with van der Waals surface area (Å²) in [6, 6.07) is 10.5. The van der Waals surface area contributed by atoms with Crippen molar-refractivity contribution in [3.8, 4) is 0 Å². The van der Waals surface area contributed by atoms with E-state index in [4.69, 9.17) is 0 Å². The number of hydrogen-bond acceptors (Lipinski definition) is 2. The Morgan fingerprint density at radius 3 is 2.80 bits per heavy atom. The van der Waals surface area contributed by atoms with E-state index in [0.29, 0.717) is 6.42 Å². The van der Waals surface area contributed by atoms with Crippen molar-refractivity contribution in [2.24, 2.45) is 0 Å². The number of hydrogen-bond donors (Lipinski definition) is 2. The zero-order valence-electron chi connectivity index (χ0n) is 8.82. The van der Waals surface area contributed by atoms with Gasteiger partial charge in [0.25, 0.3) is 0 Å². The standard InChI is InChI=1S/C13H17NO/c1-2-13(15)8-9-14-12(10-13)11-6-4-3-5-7-11/h2-7,12,14-15H,1,8-10H2/t12-,13+/m0/s1. The highest BCUT2D eigenvalue weighted by atomic mass is 16.3. The van der Waals surface area contributed by atoms with Crippen molar-refractivity contribution in [2.75, 3.05) is 6.54 Å². The second-order valence-corrected chi connectivity index (χ2v) is 4.18. The SMILES string of the molecule is C=C[C@@]1(O)CCN[C@H](c2ccccc2)C1. The Labute approximate surface area is 90.6 Å². The topological polar surface area (TPSA) is 32.3 Å². The maximum absolute atomic E-state index is 10.2. The molecule has 0 radical (unpaired) electrons. The smallest absolute Gasteiger partial charge is 0.0855 e. The number of nitrogens with one attached hydrogen (secondary N) is 1. The molecule has 1 saturated heterocycles. The predicted octanol–water partition coefficient (Wildman–Crippen LogP) is 2.03. The largest absolute Gasteiger partial charge is 0.386 e. The van der Waals surface area contributed by atoms with Gasteiger partial charge in [-0.3, -0.25) is 0 Å². The molecule has 1 aromatic carbocycles. The number of piperidine rings is 1. The molecule has 1 fully saturated rings. The van der Waals surface area contributed by atoms with Crippen LogP contribution < -0.4 is 5.32 Å². The van der Waals surface area contributed by atoms with Crippen LogP contribution in [0.25, 0.3) is 0 Å². The van der Waals surface area contributed by atoms with Gasteiger partial charge in [0, 0.05) is 6.04 Å². The first-order valence-electron chi connectivity index (χ1n) is 5.38. The first-order valence-corrected chi connectivity index (χ1v) is 5.38. The van der Waals surface area contributed by atoms with Gasteiger partial charge in [-0.2, -0.15) is 0 Å². The molecule has 2 N–H and O–H groups in total. The van der Waals surface area contributed by atoms with Crippen LogP contribution in [0.5, 0.6) is 0 Å². The van der Waals surface area contributed by atoms with E-state index in [9.17, 15) is 5.11 Å². The maximum Gasteiger partial charge on any atom is 0.0855 e. The zero-order chi connectivity index (χ0) is 10.7. The molecule has 0 amide bonds. The van der Waals surface area contributed by atoms with Gasteiger partial charge in [0.1, 0.15) is 0 Å². The van der Waals surface area contributed by atoms with Crippen molar-refractivity contribution in [3.05, 3.63) is 48.6 Å². The summed E-state index contributed by atoms with van der Waals surface area (Å²) < 4.78 is 0. The minimum atomic E-state index is -0.703. The average molecular weight is 203 g/mol. The minimum absolute atomic E-state index is 0.239. The molecule has 1 heterocycles. The average Bonchev–Trinajstić information content (AvgIpc) is 2.30. The lowest BCUT2D eigenvalue weighted by atomic mass is 9.85. The zero-order valence-corrected chi connectivity index (χ0v) is 8.82. The van der Waals surface area contributed by atoms with Crippen molar-refractivity contribution in [1.82, 2.24) is 5.32 Å². The molecule has 15 heavy (non-hydrogen) atoms. The van der Waals surface area contributed by atoms with Gasteiger partial charge < -0.3 is 10.4 Å². The van der Waals surface area contributed by atoms with Crippen LogP contribution in [0.15, 0.2) is 43.0 Å². The summed E-state index contributed by atoms with van der Waals surface area (Å²) in [6.45, 7) is 4.54. The Morgan fingerprint density at radius 2 is 2.13 bits per heavy atom. The molecule has 2 heteroatoms. The first-order chi connectivity index (χ1) is 7.23. The molecule has 2 rings (SSSR count). The summed E-state index contributed by atoms with van der Waals surface area (Å²) in [5.74, 6) is 0. The monoisotopic (exact) mass is 203 g/mol. The van der Waals surface area contributed by atoms with Crippen LogP contribution in [-0.2, 0) is 0 Å². The molecule has 80 valence electrons. The second-order valence-electron chi connectivity index (χ2n) is 4.18. The van der Waals surface area contributed by atoms with Crippen molar-refractivity contribution >= 4 is 0 Å². The molecular formula is C13H17NO. The lowest BCUT2D eigenvalue weighted by molar-refractivity contribution is 0.0413. The molecule has 0 saturated carbocycles. The van der Waals surface area contributed by atoms with Gasteiger partial charge in [0.2, 0.25) is 0 Å². The molecule has 0 spiro atoms. The maximum atomic E-state index is 10.2. The predicted molar refractivity (Wildman–Crippen MR) is 61.6 cm³/mol. The Balaban J connectivity index is 2.15. The van der Waals surface area contributed by atoms with Crippen LogP contribution in [-0.4, -0.2) is 17.3 Å². The number of aliphatic hydroxyl groups is 1. The first kappa shape index (κ1) is 10.4. The van der Waals surface area contributed by atoms with Crippen LogP contribution >= 0.6 is 0 Å². The van der Waals surface area contributed by atoms with Crippen LogP contribution in [0.2, 0.25) is 0 Å². The van der Waals surface area contributed by atoms with Crippen LogP contribution in [0.3, 0.4) is 0 Å². The Bertz CT molecular complexity index is 336. The second kappa shape index (κ2) is 4.17. The summed E-state index contributed by atoms with van der Waals surface area (Å²) in [5.41, 5.74) is 0.531. The molecule has 0 aromatic heterocycles. The van der Waals surface area contributed by atoms with Gasteiger partial charge in [-0.05, 0) is 24.9 Å². The Kier molecular flexibility index (Phi) is 2.89. The summed E-state index contributed by atoms with van der Waals surface area (Å²) in [7, 11) is 0. The summed E-state index contributed by atoms with van der Waals surface area (Å²) in [5, 5.41) is 13.6. The molecule has 1 aromatic rings. The number of rotatable bonds is 2. The molecule has 2 nitrogen and oxygen atoms in total. The Morgan fingerprint density at radius 1 is 1.40 bits per heavy atom. The van der Waals surface area contributed by atoms with Gasteiger partial charge in [-0.1, -0.05) is 36.4 Å². The van der Waals surface area contributed by atoms with Crippen molar-refractivity contribution in [1.29, 1.82) is 0 Å². The molecule has 1 aliphatic heterocycles. The third kappa shape index (κ3) is 2.28. The van der Waals surface area contributed by atoms with Gasteiger partial charge in [-0.15, -0.1) is 6.58 Å². The highest BCUT2D eigenvalue weighted by Gasteiger charge is 2.31. The van der Waals surface area contributed by atoms with E-state index < -0.39 is 5.60 Å². The van der Waals surface area contributed by atoms with E-state index in [1.54, 1.807) is 6.08 Å². The molecule has 2 atom stereocenters. The molecule has 0 unspecified atom stereocenters. The molecular weight excluding hydrogens is 186 g/mol. The van der Waals surface area contributed by atoms with Crippen molar-refractivity contribution < 1.29 is 5.11 Å². The van der Waals surface area contributed by atoms with Crippen LogP contribution in [0.1, 0.15) is 24.4 Å². The molecule has 0 bridgehead atoms. The lowest BCUT2D eigenvalue weighted by Gasteiger charge is -2.35. The van der Waals surface area contributed by atoms with Crippen molar-refractivity contribution in [2.45, 2.75) is 24.5 Å². The van der Waals surface area contributed by atoms with Gasteiger partial charge in [-0.25, -0.2) is 0 Å². The van der Waals surface area contributed by atoms with E-state index >= 15 is 0 Å². The van der Waals surface area contributed by atoms with Gasteiger partial charge >= 0.3 is 0 Å². The third-order valence-corrected chi connectivity index (χ3v) is 3.09. The van der Waals surface area contributed by atoms with E-state index in [1.165, 1.54) is 5.56 Å². The van der Waals surface area contributed by atoms with E-state index in [1.807, 2.05) is 18.2 Å². The summed E-state index contributed by atoms with van der Waals surface area (Å²) >= 11 is 0. The van der Waals surface area contributed by atoms with Crippen molar-refractivity contribution in [3.63, 3.8) is 0 Å². The fourth-order valence-electron chi connectivity index (χ4n) is 2.10. The minimum Gasteiger partial charge on any atom is -0.386 e. The Hall–Kier alpha value is -1.12. The molecule has 1 aliphatic rings. The normalized spacial score (nSPS) is 31.1. The van der Waals surface area contributed by atoms with Gasteiger partial charge in [0.15, 0.2) is 0 Å². The van der Waals surface area contributed by atoms with E-state index in [2.05, 4.69) is 24.0 Å². The third-order valence-electron chi connectivity index (χ3n) is 3.09.